The van der Waals surface area contributed by atoms with Gasteiger partial charge in [-0.1, -0.05) is 30.0 Å². The van der Waals surface area contributed by atoms with E-state index in [0.717, 1.165) is 11.3 Å². The van der Waals surface area contributed by atoms with Crippen molar-refractivity contribution in [2.45, 2.75) is 24.1 Å². The zero-order valence-corrected chi connectivity index (χ0v) is 13.4. The zero-order chi connectivity index (χ0) is 16.7. The third-order valence-corrected chi connectivity index (χ3v) is 3.78. The average molecular weight is 337 g/mol. The normalized spacial score (nSPS) is 10.6. The summed E-state index contributed by atoms with van der Waals surface area (Å²) in [5.41, 5.74) is 1.31. The van der Waals surface area contributed by atoms with Gasteiger partial charge in [0.15, 0.2) is 0 Å². The van der Waals surface area contributed by atoms with Gasteiger partial charge in [0.25, 0.3) is 11.7 Å². The van der Waals surface area contributed by atoms with Crippen LogP contribution in [0.1, 0.15) is 22.8 Å². The zero-order valence-electron chi connectivity index (χ0n) is 12.6. The molecule has 0 aliphatic rings. The molecular weight excluding hydrogens is 320 g/mol. The number of ether oxygens (including phenoxy) is 1. The Balaban J connectivity index is 1.97. The lowest BCUT2D eigenvalue weighted by atomic mass is 10.1. The Labute approximate surface area is 138 Å². The second kappa shape index (κ2) is 8.53. The summed E-state index contributed by atoms with van der Waals surface area (Å²) in [4.78, 5) is 12.5. The SMILES string of the molecule is CCOc1ccccc1CNC(=O)c1ccc(SC(F)F)cc1. The van der Waals surface area contributed by atoms with Crippen LogP contribution in [0.2, 0.25) is 0 Å². The monoisotopic (exact) mass is 337 g/mol. The van der Waals surface area contributed by atoms with Crippen LogP contribution in [0.3, 0.4) is 0 Å². The van der Waals surface area contributed by atoms with Gasteiger partial charge in [-0.15, -0.1) is 0 Å². The molecule has 0 atom stereocenters. The minimum absolute atomic E-state index is 0.259. The number of benzene rings is 2. The summed E-state index contributed by atoms with van der Waals surface area (Å²) >= 11 is 0.455. The van der Waals surface area contributed by atoms with Crippen molar-refractivity contribution in [3.8, 4) is 5.75 Å². The molecule has 0 saturated heterocycles. The van der Waals surface area contributed by atoms with Crippen molar-refractivity contribution in [1.82, 2.24) is 5.32 Å². The fourth-order valence-electron chi connectivity index (χ4n) is 2.01. The first kappa shape index (κ1) is 17.3. The molecule has 3 nitrogen and oxygen atoms in total. The van der Waals surface area contributed by atoms with Crippen molar-refractivity contribution < 1.29 is 18.3 Å². The van der Waals surface area contributed by atoms with Crippen LogP contribution in [-0.4, -0.2) is 18.3 Å². The minimum Gasteiger partial charge on any atom is -0.494 e. The number of alkyl halides is 2. The molecule has 0 aliphatic carbocycles. The highest BCUT2D eigenvalue weighted by atomic mass is 32.2. The van der Waals surface area contributed by atoms with E-state index in [-0.39, 0.29) is 5.91 Å². The van der Waals surface area contributed by atoms with E-state index >= 15 is 0 Å². The fraction of sp³-hybridized carbons (Fsp3) is 0.235. The Morgan fingerprint density at radius 3 is 2.52 bits per heavy atom. The quantitative estimate of drug-likeness (QED) is 0.764. The first-order chi connectivity index (χ1) is 11.1. The van der Waals surface area contributed by atoms with E-state index in [1.807, 2.05) is 31.2 Å². The highest BCUT2D eigenvalue weighted by Crippen LogP contribution is 2.25. The van der Waals surface area contributed by atoms with Crippen LogP contribution in [0.25, 0.3) is 0 Å². The Hall–Kier alpha value is -2.08. The summed E-state index contributed by atoms with van der Waals surface area (Å²) in [6, 6.07) is 13.6. The molecule has 0 aromatic heterocycles. The number of carbonyl (C=O) groups excluding carboxylic acids is 1. The second-order valence-corrected chi connectivity index (χ2v) is 5.69. The molecular formula is C17H17F2NO2S. The summed E-state index contributed by atoms with van der Waals surface area (Å²) in [6.45, 7) is 2.78. The van der Waals surface area contributed by atoms with Crippen molar-refractivity contribution in [3.05, 3.63) is 59.7 Å². The Kier molecular flexibility index (Phi) is 6.40. The van der Waals surface area contributed by atoms with Gasteiger partial charge in [-0.3, -0.25) is 4.79 Å². The van der Waals surface area contributed by atoms with Crippen LogP contribution in [0.5, 0.6) is 5.75 Å². The fourth-order valence-corrected chi connectivity index (χ4v) is 2.51. The summed E-state index contributed by atoms with van der Waals surface area (Å²) in [5.74, 6) is -1.99. The second-order valence-electron chi connectivity index (χ2n) is 4.63. The topological polar surface area (TPSA) is 38.3 Å². The number of thioether (sulfide) groups is 1. The molecule has 0 spiro atoms. The number of para-hydroxylation sites is 1. The first-order valence-corrected chi connectivity index (χ1v) is 8.02. The molecule has 23 heavy (non-hydrogen) atoms. The number of halogens is 2. The third-order valence-electron chi connectivity index (χ3n) is 3.05. The van der Waals surface area contributed by atoms with Gasteiger partial charge in [0, 0.05) is 22.6 Å². The molecule has 0 radical (unpaired) electrons. The minimum atomic E-state index is -2.47. The van der Waals surface area contributed by atoms with Gasteiger partial charge < -0.3 is 10.1 Å². The van der Waals surface area contributed by atoms with Crippen LogP contribution >= 0.6 is 11.8 Å². The molecule has 2 aromatic carbocycles. The van der Waals surface area contributed by atoms with Crippen LogP contribution < -0.4 is 10.1 Å². The van der Waals surface area contributed by atoms with Gasteiger partial charge in [-0.2, -0.15) is 8.78 Å². The summed E-state index contributed by atoms with van der Waals surface area (Å²) < 4.78 is 30.0. The van der Waals surface area contributed by atoms with Crippen LogP contribution in [-0.2, 0) is 6.54 Å². The maximum Gasteiger partial charge on any atom is 0.288 e. The summed E-state index contributed by atoms with van der Waals surface area (Å²) in [6.07, 6.45) is 0. The molecule has 1 amide bonds. The lowest BCUT2D eigenvalue weighted by Gasteiger charge is -2.11. The predicted octanol–water partition coefficient (Wildman–Crippen LogP) is 4.33. The van der Waals surface area contributed by atoms with Gasteiger partial charge in [-0.05, 0) is 37.3 Å². The highest BCUT2D eigenvalue weighted by molar-refractivity contribution is 7.99. The Bertz CT molecular complexity index is 647. The maximum atomic E-state index is 12.3. The molecule has 0 aliphatic heterocycles. The predicted molar refractivity (Wildman–Crippen MR) is 87.1 cm³/mol. The molecule has 1 N–H and O–H groups in total. The first-order valence-electron chi connectivity index (χ1n) is 7.14. The molecule has 0 unspecified atom stereocenters. The molecule has 0 fully saturated rings. The van der Waals surface area contributed by atoms with Crippen molar-refractivity contribution in [1.29, 1.82) is 0 Å². The largest absolute Gasteiger partial charge is 0.494 e. The van der Waals surface area contributed by atoms with E-state index in [0.29, 0.717) is 35.4 Å². The van der Waals surface area contributed by atoms with Gasteiger partial charge >= 0.3 is 0 Å². The molecule has 2 rings (SSSR count). The van der Waals surface area contributed by atoms with Gasteiger partial charge in [0.05, 0.1) is 6.61 Å². The molecule has 122 valence electrons. The van der Waals surface area contributed by atoms with E-state index in [9.17, 15) is 13.6 Å². The number of carbonyl (C=O) groups is 1. The van der Waals surface area contributed by atoms with Crippen LogP contribution in [0.4, 0.5) is 8.78 Å². The van der Waals surface area contributed by atoms with E-state index in [1.165, 1.54) is 24.3 Å². The van der Waals surface area contributed by atoms with Crippen LogP contribution in [0.15, 0.2) is 53.4 Å². The number of hydrogen-bond acceptors (Lipinski definition) is 3. The summed E-state index contributed by atoms with van der Waals surface area (Å²) in [7, 11) is 0. The van der Waals surface area contributed by atoms with E-state index in [1.54, 1.807) is 0 Å². The van der Waals surface area contributed by atoms with Crippen LogP contribution in [0, 0.1) is 0 Å². The third kappa shape index (κ3) is 5.25. The van der Waals surface area contributed by atoms with Gasteiger partial charge in [0.2, 0.25) is 0 Å². The van der Waals surface area contributed by atoms with Gasteiger partial charge in [0.1, 0.15) is 5.75 Å². The number of nitrogens with one attached hydrogen (secondary N) is 1. The molecule has 0 heterocycles. The molecule has 2 aromatic rings. The number of hydrogen-bond donors (Lipinski definition) is 1. The maximum absolute atomic E-state index is 12.3. The van der Waals surface area contributed by atoms with Gasteiger partial charge in [-0.25, -0.2) is 0 Å². The van der Waals surface area contributed by atoms with E-state index < -0.39 is 5.76 Å². The highest BCUT2D eigenvalue weighted by Gasteiger charge is 2.09. The summed E-state index contributed by atoms with van der Waals surface area (Å²) in [5, 5.41) is 2.80. The van der Waals surface area contributed by atoms with Crippen molar-refractivity contribution in [3.63, 3.8) is 0 Å². The molecule has 0 saturated carbocycles. The Morgan fingerprint density at radius 1 is 1.17 bits per heavy atom. The van der Waals surface area contributed by atoms with E-state index in [2.05, 4.69) is 5.32 Å². The number of amides is 1. The van der Waals surface area contributed by atoms with Crippen molar-refractivity contribution >= 4 is 17.7 Å². The number of rotatable bonds is 7. The van der Waals surface area contributed by atoms with Crippen molar-refractivity contribution in [2.24, 2.45) is 0 Å². The van der Waals surface area contributed by atoms with Crippen molar-refractivity contribution in [2.75, 3.05) is 6.61 Å². The molecule has 6 heteroatoms. The van der Waals surface area contributed by atoms with E-state index in [4.69, 9.17) is 4.74 Å². The standard InChI is InChI=1S/C17H17F2NO2S/c1-2-22-15-6-4-3-5-13(15)11-20-16(21)12-7-9-14(10-8-12)23-17(18)19/h3-10,17H,2,11H2,1H3,(H,20,21). The molecule has 0 bridgehead atoms. The smallest absolute Gasteiger partial charge is 0.288 e. The average Bonchev–Trinajstić information content (AvgIpc) is 2.54. The lowest BCUT2D eigenvalue weighted by molar-refractivity contribution is 0.0950. The lowest BCUT2D eigenvalue weighted by Crippen LogP contribution is -2.23. The Morgan fingerprint density at radius 2 is 1.87 bits per heavy atom.